The van der Waals surface area contributed by atoms with Gasteiger partial charge in [-0.05, 0) is 44.2 Å². The predicted octanol–water partition coefficient (Wildman–Crippen LogP) is 4.67. The Bertz CT molecular complexity index is 1020. The average molecular weight is 334 g/mol. The monoisotopic (exact) mass is 334 g/mol. The third kappa shape index (κ3) is 3.10. The Kier molecular flexibility index (Phi) is 3.72. The van der Waals surface area contributed by atoms with Crippen LogP contribution in [0.15, 0.2) is 51.3 Å². The summed E-state index contributed by atoms with van der Waals surface area (Å²) in [5.41, 5.74) is 4.62. The first-order chi connectivity index (χ1) is 12.1. The van der Waals surface area contributed by atoms with E-state index in [9.17, 15) is 0 Å². The number of hydrogen-bond acceptors (Lipinski definition) is 6. The minimum absolute atomic E-state index is 0.128. The van der Waals surface area contributed by atoms with Gasteiger partial charge in [0.15, 0.2) is 11.5 Å². The van der Waals surface area contributed by atoms with Crippen LogP contribution >= 0.6 is 0 Å². The summed E-state index contributed by atoms with van der Waals surface area (Å²) in [6.07, 6.45) is 0. The summed E-state index contributed by atoms with van der Waals surface area (Å²) in [4.78, 5) is 4.35. The smallest absolute Gasteiger partial charge is 0.247 e. The highest BCUT2D eigenvalue weighted by Gasteiger charge is 2.15. The van der Waals surface area contributed by atoms with Crippen LogP contribution in [0, 0.1) is 13.8 Å². The molecule has 0 aliphatic carbocycles. The normalized spacial score (nSPS) is 12.4. The second-order valence-electron chi connectivity index (χ2n) is 6.09. The fourth-order valence-corrected chi connectivity index (χ4v) is 2.67. The maximum atomic E-state index is 5.82. The first-order valence-corrected chi connectivity index (χ1v) is 8.13. The molecule has 0 bridgehead atoms. The molecule has 25 heavy (non-hydrogen) atoms. The van der Waals surface area contributed by atoms with Gasteiger partial charge < -0.3 is 14.2 Å². The van der Waals surface area contributed by atoms with E-state index < -0.39 is 0 Å². The fraction of sp³-hybridized carbons (Fsp3) is 0.211. The number of rotatable bonds is 4. The van der Waals surface area contributed by atoms with Crippen molar-refractivity contribution < 1.29 is 8.83 Å². The zero-order chi connectivity index (χ0) is 17.4. The Hall–Kier alpha value is -3.15. The van der Waals surface area contributed by atoms with E-state index >= 15 is 0 Å². The third-order valence-electron chi connectivity index (χ3n) is 3.99. The Morgan fingerprint density at radius 2 is 1.76 bits per heavy atom. The van der Waals surface area contributed by atoms with Crippen molar-refractivity contribution in [3.63, 3.8) is 0 Å². The lowest BCUT2D eigenvalue weighted by molar-refractivity contribution is 0.485. The van der Waals surface area contributed by atoms with Crippen molar-refractivity contribution in [1.82, 2.24) is 15.2 Å². The lowest BCUT2D eigenvalue weighted by Crippen LogP contribution is -2.06. The van der Waals surface area contributed by atoms with Crippen molar-refractivity contribution in [2.24, 2.45) is 0 Å². The Morgan fingerprint density at radius 1 is 0.960 bits per heavy atom. The van der Waals surface area contributed by atoms with E-state index in [2.05, 4.69) is 20.5 Å². The van der Waals surface area contributed by atoms with Crippen molar-refractivity contribution in [1.29, 1.82) is 0 Å². The largest absolute Gasteiger partial charge is 0.441 e. The van der Waals surface area contributed by atoms with Crippen molar-refractivity contribution in [2.75, 3.05) is 5.32 Å². The first-order valence-electron chi connectivity index (χ1n) is 8.13. The van der Waals surface area contributed by atoms with Gasteiger partial charge in [-0.2, -0.15) is 0 Å². The molecular formula is C19H18N4O2. The van der Waals surface area contributed by atoms with Crippen LogP contribution in [0.5, 0.6) is 0 Å². The van der Waals surface area contributed by atoms with Crippen LogP contribution in [-0.2, 0) is 0 Å². The Balaban J connectivity index is 1.54. The van der Waals surface area contributed by atoms with Crippen molar-refractivity contribution in [3.05, 3.63) is 59.8 Å². The van der Waals surface area contributed by atoms with E-state index in [1.54, 1.807) is 0 Å². The zero-order valence-corrected chi connectivity index (χ0v) is 14.3. The highest BCUT2D eigenvalue weighted by Crippen LogP contribution is 2.25. The molecule has 0 aliphatic rings. The second-order valence-corrected chi connectivity index (χ2v) is 6.09. The highest BCUT2D eigenvalue weighted by atomic mass is 16.4. The van der Waals surface area contributed by atoms with E-state index in [1.807, 2.05) is 63.2 Å². The minimum atomic E-state index is -0.128. The number of nitrogens with zero attached hydrogens (tertiary/aromatic N) is 3. The average Bonchev–Trinajstić information content (AvgIpc) is 3.21. The first kappa shape index (κ1) is 15.4. The molecular weight excluding hydrogens is 316 g/mol. The van der Waals surface area contributed by atoms with Gasteiger partial charge in [0.2, 0.25) is 11.8 Å². The zero-order valence-electron chi connectivity index (χ0n) is 14.3. The molecule has 4 rings (SSSR count). The molecule has 0 amide bonds. The molecule has 0 fully saturated rings. The second kappa shape index (κ2) is 6.05. The Labute approximate surface area is 144 Å². The van der Waals surface area contributed by atoms with Gasteiger partial charge >= 0.3 is 0 Å². The molecule has 0 radical (unpaired) electrons. The SMILES string of the molecule is Cc1ccc(-c2nnc([C@@H](C)Nc3ccc4oc(C)nc4c3)o2)cc1. The fourth-order valence-electron chi connectivity index (χ4n) is 2.67. The molecule has 2 aromatic heterocycles. The van der Waals surface area contributed by atoms with Gasteiger partial charge in [0.05, 0.1) is 0 Å². The van der Waals surface area contributed by atoms with Gasteiger partial charge in [-0.25, -0.2) is 4.98 Å². The molecule has 0 saturated carbocycles. The van der Waals surface area contributed by atoms with Crippen LogP contribution in [-0.4, -0.2) is 15.2 Å². The third-order valence-corrected chi connectivity index (χ3v) is 3.99. The van der Waals surface area contributed by atoms with E-state index in [0.29, 0.717) is 17.7 Å². The van der Waals surface area contributed by atoms with Crippen molar-refractivity contribution >= 4 is 16.8 Å². The summed E-state index contributed by atoms with van der Waals surface area (Å²) in [6.45, 7) is 5.85. The summed E-state index contributed by atoms with van der Waals surface area (Å²) in [6, 6.07) is 13.7. The van der Waals surface area contributed by atoms with Crippen LogP contribution in [0.4, 0.5) is 5.69 Å². The molecule has 6 nitrogen and oxygen atoms in total. The molecule has 0 aliphatic heterocycles. The lowest BCUT2D eigenvalue weighted by atomic mass is 10.1. The van der Waals surface area contributed by atoms with Gasteiger partial charge in [0, 0.05) is 18.2 Å². The molecule has 0 saturated heterocycles. The topological polar surface area (TPSA) is 77.0 Å². The number of anilines is 1. The van der Waals surface area contributed by atoms with Gasteiger partial charge in [-0.15, -0.1) is 10.2 Å². The lowest BCUT2D eigenvalue weighted by Gasteiger charge is -2.10. The van der Waals surface area contributed by atoms with E-state index in [-0.39, 0.29) is 6.04 Å². The Morgan fingerprint density at radius 3 is 2.56 bits per heavy atom. The van der Waals surface area contributed by atoms with Gasteiger partial charge in [-0.3, -0.25) is 0 Å². The summed E-state index contributed by atoms with van der Waals surface area (Å²) in [5.74, 6) is 1.71. The molecule has 1 N–H and O–H groups in total. The standard InChI is InChI=1S/C19H18N4O2/c1-11-4-6-14(7-5-11)19-23-22-18(25-19)12(2)20-15-8-9-17-16(10-15)21-13(3)24-17/h4-10,12,20H,1-3H3/t12-/m1/s1. The molecule has 6 heteroatoms. The molecule has 126 valence electrons. The number of aromatic nitrogens is 3. The molecule has 4 aromatic rings. The summed E-state index contributed by atoms with van der Waals surface area (Å²) in [5, 5.41) is 11.7. The van der Waals surface area contributed by atoms with Gasteiger partial charge in [0.1, 0.15) is 11.6 Å². The number of fused-ring (bicyclic) bond motifs is 1. The van der Waals surface area contributed by atoms with E-state index in [1.165, 1.54) is 5.56 Å². The number of oxazole rings is 1. The number of benzene rings is 2. The molecule has 2 aromatic carbocycles. The molecule has 2 heterocycles. The molecule has 0 unspecified atom stereocenters. The van der Waals surface area contributed by atoms with E-state index in [0.717, 1.165) is 22.4 Å². The van der Waals surface area contributed by atoms with Crippen LogP contribution < -0.4 is 5.32 Å². The van der Waals surface area contributed by atoms with Crippen molar-refractivity contribution in [3.8, 4) is 11.5 Å². The highest BCUT2D eigenvalue weighted by molar-refractivity contribution is 5.77. The summed E-state index contributed by atoms with van der Waals surface area (Å²) >= 11 is 0. The van der Waals surface area contributed by atoms with Crippen LogP contribution in [0.2, 0.25) is 0 Å². The van der Waals surface area contributed by atoms with E-state index in [4.69, 9.17) is 8.83 Å². The maximum Gasteiger partial charge on any atom is 0.247 e. The maximum absolute atomic E-state index is 5.82. The van der Waals surface area contributed by atoms with Crippen molar-refractivity contribution in [2.45, 2.75) is 26.8 Å². The van der Waals surface area contributed by atoms with Crippen LogP contribution in [0.25, 0.3) is 22.6 Å². The molecule has 1 atom stereocenters. The van der Waals surface area contributed by atoms with Crippen LogP contribution in [0.1, 0.15) is 30.3 Å². The minimum Gasteiger partial charge on any atom is -0.441 e. The summed E-state index contributed by atoms with van der Waals surface area (Å²) in [7, 11) is 0. The number of hydrogen-bond donors (Lipinski definition) is 1. The number of aryl methyl sites for hydroxylation is 2. The van der Waals surface area contributed by atoms with Crippen LogP contribution in [0.3, 0.4) is 0 Å². The summed E-state index contributed by atoms with van der Waals surface area (Å²) < 4.78 is 11.3. The number of nitrogens with one attached hydrogen (secondary N) is 1. The quantitative estimate of drug-likeness (QED) is 0.584. The van der Waals surface area contributed by atoms with Gasteiger partial charge in [-0.1, -0.05) is 17.7 Å². The predicted molar refractivity (Wildman–Crippen MR) is 95.3 cm³/mol. The van der Waals surface area contributed by atoms with Gasteiger partial charge in [0.25, 0.3) is 0 Å². The molecule has 0 spiro atoms.